The lowest BCUT2D eigenvalue weighted by Crippen LogP contribution is -2.37. The monoisotopic (exact) mass is 320 g/mol. The molecule has 128 valence electrons. The van der Waals surface area contributed by atoms with E-state index in [2.05, 4.69) is 20.8 Å². The first kappa shape index (κ1) is 17.8. The summed E-state index contributed by atoms with van der Waals surface area (Å²) in [7, 11) is 1.58. The summed E-state index contributed by atoms with van der Waals surface area (Å²) < 4.78 is 10.8. The third-order valence-corrected chi connectivity index (χ3v) is 4.88. The van der Waals surface area contributed by atoms with Gasteiger partial charge in [-0.3, -0.25) is 0 Å². The molecule has 1 unspecified atom stereocenters. The van der Waals surface area contributed by atoms with Crippen molar-refractivity contribution >= 4 is 5.97 Å². The van der Waals surface area contributed by atoms with Gasteiger partial charge < -0.3 is 14.6 Å². The van der Waals surface area contributed by atoms with E-state index in [0.29, 0.717) is 29.1 Å². The van der Waals surface area contributed by atoms with Crippen LogP contribution in [0.1, 0.15) is 51.7 Å². The van der Waals surface area contributed by atoms with Gasteiger partial charge >= 0.3 is 5.97 Å². The van der Waals surface area contributed by atoms with Crippen LogP contribution in [0.4, 0.5) is 0 Å². The summed E-state index contributed by atoms with van der Waals surface area (Å²) in [6.45, 7) is 6.53. The Hall–Kier alpha value is -1.55. The van der Waals surface area contributed by atoms with Crippen molar-refractivity contribution in [1.82, 2.24) is 0 Å². The molecule has 23 heavy (non-hydrogen) atoms. The molecule has 0 radical (unpaired) electrons. The lowest BCUT2D eigenvalue weighted by Gasteiger charge is -2.37. The summed E-state index contributed by atoms with van der Waals surface area (Å²) in [4.78, 5) is 12.3. The topological polar surface area (TPSA) is 55.8 Å². The number of hydrogen-bond donors (Lipinski definition) is 1. The predicted molar refractivity (Wildman–Crippen MR) is 89.2 cm³/mol. The molecule has 1 saturated carbocycles. The van der Waals surface area contributed by atoms with Gasteiger partial charge in [-0.25, -0.2) is 4.79 Å². The van der Waals surface area contributed by atoms with Crippen LogP contribution in [0.15, 0.2) is 24.3 Å². The van der Waals surface area contributed by atoms with Crippen molar-refractivity contribution in [2.45, 2.75) is 52.2 Å². The molecule has 0 saturated heterocycles. The van der Waals surface area contributed by atoms with E-state index in [-0.39, 0.29) is 6.10 Å². The summed E-state index contributed by atoms with van der Waals surface area (Å²) >= 11 is 0. The van der Waals surface area contributed by atoms with E-state index < -0.39 is 12.1 Å². The number of aliphatic hydroxyl groups is 1. The highest BCUT2D eigenvalue weighted by Gasteiger charge is 2.34. The Morgan fingerprint density at radius 1 is 1.22 bits per heavy atom. The van der Waals surface area contributed by atoms with Gasteiger partial charge in [-0.15, -0.1) is 0 Å². The van der Waals surface area contributed by atoms with Crippen LogP contribution in [-0.2, 0) is 9.53 Å². The zero-order chi connectivity index (χ0) is 17.0. The molecule has 1 N–H and O–H groups in total. The summed E-state index contributed by atoms with van der Waals surface area (Å²) in [5, 5.41) is 10.3. The molecule has 4 nitrogen and oxygen atoms in total. The Balaban J connectivity index is 2.03. The number of rotatable bonds is 5. The molecule has 1 aliphatic rings. The molecule has 1 aromatic rings. The standard InChI is InChI=1S/C19H28O4/c1-12(2)16-10-5-13(3)11-17(16)23-19(21)18(20)14-6-8-15(22-4)9-7-14/h6-9,12-13,16-18,20H,5,10-11H2,1-4H3/t13-,16+,17-,18?/m1/s1. The number of esters is 1. The van der Waals surface area contributed by atoms with Crippen molar-refractivity contribution in [2.24, 2.45) is 17.8 Å². The first-order valence-electron chi connectivity index (χ1n) is 8.44. The third kappa shape index (κ3) is 4.47. The van der Waals surface area contributed by atoms with Crippen molar-refractivity contribution in [3.8, 4) is 5.75 Å². The van der Waals surface area contributed by atoms with Gasteiger partial charge in [-0.1, -0.05) is 39.3 Å². The molecule has 0 bridgehead atoms. The Morgan fingerprint density at radius 3 is 2.43 bits per heavy atom. The summed E-state index contributed by atoms with van der Waals surface area (Å²) in [5.74, 6) is 1.53. The molecule has 0 spiro atoms. The second-order valence-corrected chi connectivity index (χ2v) is 6.98. The molecule has 2 rings (SSSR count). The van der Waals surface area contributed by atoms with E-state index in [4.69, 9.17) is 9.47 Å². The van der Waals surface area contributed by atoms with Gasteiger partial charge in [-0.2, -0.15) is 0 Å². The van der Waals surface area contributed by atoms with Crippen molar-refractivity contribution < 1.29 is 19.4 Å². The molecule has 4 atom stereocenters. The van der Waals surface area contributed by atoms with E-state index in [1.54, 1.807) is 31.4 Å². The van der Waals surface area contributed by atoms with E-state index in [1.807, 2.05) is 0 Å². The maximum atomic E-state index is 12.3. The fourth-order valence-electron chi connectivity index (χ4n) is 3.39. The van der Waals surface area contributed by atoms with Gasteiger partial charge in [0.15, 0.2) is 6.10 Å². The molecule has 1 fully saturated rings. The van der Waals surface area contributed by atoms with Crippen molar-refractivity contribution in [2.75, 3.05) is 7.11 Å². The molecule has 0 amide bonds. The maximum absolute atomic E-state index is 12.3. The Kier molecular flexibility index (Phi) is 6.05. The van der Waals surface area contributed by atoms with Crippen LogP contribution in [0.25, 0.3) is 0 Å². The smallest absolute Gasteiger partial charge is 0.339 e. The first-order valence-corrected chi connectivity index (χ1v) is 8.44. The van der Waals surface area contributed by atoms with Gasteiger partial charge in [0.25, 0.3) is 0 Å². The third-order valence-electron chi connectivity index (χ3n) is 4.88. The van der Waals surface area contributed by atoms with E-state index in [1.165, 1.54) is 6.42 Å². The van der Waals surface area contributed by atoms with Gasteiger partial charge in [0.2, 0.25) is 0 Å². The van der Waals surface area contributed by atoms with Gasteiger partial charge in [0, 0.05) is 0 Å². The minimum atomic E-state index is -1.24. The minimum Gasteiger partial charge on any atom is -0.497 e. The van der Waals surface area contributed by atoms with Crippen molar-refractivity contribution in [1.29, 1.82) is 0 Å². The number of carbonyl (C=O) groups is 1. The van der Waals surface area contributed by atoms with E-state index >= 15 is 0 Å². The van der Waals surface area contributed by atoms with Crippen LogP contribution in [0, 0.1) is 17.8 Å². The molecular formula is C19H28O4. The number of benzene rings is 1. The second-order valence-electron chi connectivity index (χ2n) is 6.98. The van der Waals surface area contributed by atoms with Crippen LogP contribution in [0.3, 0.4) is 0 Å². The van der Waals surface area contributed by atoms with Crippen LogP contribution < -0.4 is 4.74 Å². The SMILES string of the molecule is COc1ccc(C(O)C(=O)O[C@@H]2C[C@H](C)CC[C@H]2C(C)C)cc1. The van der Waals surface area contributed by atoms with E-state index in [9.17, 15) is 9.90 Å². The fourth-order valence-corrected chi connectivity index (χ4v) is 3.39. The van der Waals surface area contributed by atoms with Crippen LogP contribution >= 0.6 is 0 Å². The Labute approximate surface area is 138 Å². The minimum absolute atomic E-state index is 0.0980. The number of carbonyl (C=O) groups excluding carboxylic acids is 1. The van der Waals surface area contributed by atoms with Crippen molar-refractivity contribution in [3.05, 3.63) is 29.8 Å². The zero-order valence-corrected chi connectivity index (χ0v) is 14.5. The van der Waals surface area contributed by atoms with Crippen molar-refractivity contribution in [3.63, 3.8) is 0 Å². The number of methoxy groups -OCH3 is 1. The van der Waals surface area contributed by atoms with E-state index in [0.717, 1.165) is 12.8 Å². The Morgan fingerprint density at radius 2 is 1.87 bits per heavy atom. The summed E-state index contributed by atoms with van der Waals surface area (Å²) in [5.41, 5.74) is 0.528. The van der Waals surface area contributed by atoms with Gasteiger partial charge in [-0.05, 0) is 48.3 Å². The lowest BCUT2D eigenvalue weighted by molar-refractivity contribution is -0.166. The predicted octanol–water partition coefficient (Wildman–Crippen LogP) is 3.73. The largest absolute Gasteiger partial charge is 0.497 e. The molecular weight excluding hydrogens is 292 g/mol. The normalized spacial score (nSPS) is 25.9. The average molecular weight is 320 g/mol. The highest BCUT2D eigenvalue weighted by molar-refractivity contribution is 5.76. The molecule has 1 aromatic carbocycles. The highest BCUT2D eigenvalue weighted by atomic mass is 16.6. The van der Waals surface area contributed by atoms with Crippen LogP contribution in [-0.4, -0.2) is 24.3 Å². The fraction of sp³-hybridized carbons (Fsp3) is 0.632. The molecule has 1 aliphatic carbocycles. The van der Waals surface area contributed by atoms with Gasteiger partial charge in [0.1, 0.15) is 11.9 Å². The molecule has 0 aromatic heterocycles. The first-order chi connectivity index (χ1) is 10.9. The maximum Gasteiger partial charge on any atom is 0.339 e. The Bertz CT molecular complexity index is 509. The molecule has 4 heteroatoms. The average Bonchev–Trinajstić information content (AvgIpc) is 2.54. The van der Waals surface area contributed by atoms with Gasteiger partial charge in [0.05, 0.1) is 7.11 Å². The number of hydrogen-bond acceptors (Lipinski definition) is 4. The molecule has 0 heterocycles. The second kappa shape index (κ2) is 7.82. The number of aliphatic hydroxyl groups excluding tert-OH is 1. The quantitative estimate of drug-likeness (QED) is 0.840. The summed E-state index contributed by atoms with van der Waals surface area (Å²) in [6.07, 6.45) is 1.79. The van der Waals surface area contributed by atoms with Crippen LogP contribution in [0.5, 0.6) is 5.75 Å². The highest BCUT2D eigenvalue weighted by Crippen LogP contribution is 2.36. The molecule has 0 aliphatic heterocycles. The summed E-state index contributed by atoms with van der Waals surface area (Å²) in [6, 6.07) is 6.83. The lowest BCUT2D eigenvalue weighted by atomic mass is 9.75. The van der Waals surface area contributed by atoms with Crippen LogP contribution in [0.2, 0.25) is 0 Å². The zero-order valence-electron chi connectivity index (χ0n) is 14.5. The number of ether oxygens (including phenoxy) is 2.